The molecule has 154 valence electrons. The van der Waals surface area contributed by atoms with E-state index in [1.54, 1.807) is 4.68 Å². The summed E-state index contributed by atoms with van der Waals surface area (Å²) < 4.78 is 9.23. The molecule has 8 nitrogen and oxygen atoms in total. The van der Waals surface area contributed by atoms with Crippen LogP contribution in [0.25, 0.3) is 22.3 Å². The molecule has 3 aromatic heterocycles. The predicted octanol–water partition coefficient (Wildman–Crippen LogP) is 3.70. The maximum Gasteiger partial charge on any atom is 0.161 e. The number of aryl methyl sites for hydroxylation is 2. The number of pyridine rings is 1. The number of aromatic nitrogens is 5. The van der Waals surface area contributed by atoms with Gasteiger partial charge in [-0.05, 0) is 13.3 Å². The van der Waals surface area contributed by atoms with Crippen LogP contribution in [0.4, 0.5) is 17.3 Å². The summed E-state index contributed by atoms with van der Waals surface area (Å²) in [6.45, 7) is 3.64. The summed E-state index contributed by atoms with van der Waals surface area (Å²) >= 11 is 0. The lowest BCUT2D eigenvalue weighted by Crippen LogP contribution is -2.35. The van der Waals surface area contributed by atoms with Crippen LogP contribution >= 0.6 is 0 Å². The van der Waals surface area contributed by atoms with E-state index in [2.05, 4.69) is 39.9 Å². The molecule has 4 aromatic rings. The van der Waals surface area contributed by atoms with Gasteiger partial charge >= 0.3 is 0 Å². The molecular weight excluding hydrogens is 378 g/mol. The summed E-state index contributed by atoms with van der Waals surface area (Å²) in [5.74, 6) is 1.60. The summed E-state index contributed by atoms with van der Waals surface area (Å²) in [7, 11) is 3.83. The van der Waals surface area contributed by atoms with Gasteiger partial charge in [-0.2, -0.15) is 10.2 Å². The number of benzene rings is 1. The first-order valence-corrected chi connectivity index (χ1v) is 10.1. The molecule has 1 aliphatic heterocycles. The molecule has 4 heterocycles. The van der Waals surface area contributed by atoms with Gasteiger partial charge in [-0.25, -0.2) is 4.98 Å². The minimum Gasteiger partial charge on any atom is -0.379 e. The molecule has 2 N–H and O–H groups in total. The fourth-order valence-electron chi connectivity index (χ4n) is 3.84. The Hall–Kier alpha value is -3.39. The zero-order valence-corrected chi connectivity index (χ0v) is 17.4. The molecule has 30 heavy (non-hydrogen) atoms. The average molecular weight is 403 g/mol. The zero-order valence-electron chi connectivity index (χ0n) is 17.4. The van der Waals surface area contributed by atoms with Crippen LogP contribution in [0.5, 0.6) is 0 Å². The van der Waals surface area contributed by atoms with Crippen LogP contribution in [0.15, 0.2) is 48.7 Å². The Balaban J connectivity index is 1.50. The van der Waals surface area contributed by atoms with E-state index in [-0.39, 0.29) is 5.54 Å². The lowest BCUT2D eigenvalue weighted by molar-refractivity contribution is 0.185. The van der Waals surface area contributed by atoms with E-state index >= 15 is 0 Å². The van der Waals surface area contributed by atoms with Crippen LogP contribution in [0.2, 0.25) is 0 Å². The van der Waals surface area contributed by atoms with E-state index in [1.165, 1.54) is 0 Å². The third-order valence-electron chi connectivity index (χ3n) is 5.57. The van der Waals surface area contributed by atoms with Crippen LogP contribution in [-0.2, 0) is 18.8 Å². The molecule has 0 amide bonds. The largest absolute Gasteiger partial charge is 0.379 e. The number of nitrogens with zero attached hydrogens (tertiary/aromatic N) is 5. The molecular formula is C22H25N7O. The van der Waals surface area contributed by atoms with E-state index in [9.17, 15) is 0 Å². The van der Waals surface area contributed by atoms with Gasteiger partial charge in [0.15, 0.2) is 5.65 Å². The summed E-state index contributed by atoms with van der Waals surface area (Å²) in [5, 5.41) is 17.1. The summed E-state index contributed by atoms with van der Waals surface area (Å²) in [5.41, 5.74) is 3.70. The molecule has 0 radical (unpaired) electrons. The quantitative estimate of drug-likeness (QED) is 0.529. The summed E-state index contributed by atoms with van der Waals surface area (Å²) in [6, 6.07) is 14.2. The van der Waals surface area contributed by atoms with Gasteiger partial charge in [0.2, 0.25) is 0 Å². The van der Waals surface area contributed by atoms with Crippen molar-refractivity contribution < 1.29 is 4.74 Å². The Labute approximate surface area is 174 Å². The lowest BCUT2D eigenvalue weighted by Gasteiger charge is -2.25. The van der Waals surface area contributed by atoms with Crippen molar-refractivity contribution in [3.8, 4) is 11.3 Å². The standard InChI is InChI=1S/C22H25N7O/c1-22(9-10-30-14-22)26-18-11-19(25-21-16(18)13-23-29(21)3)24-20-12-17(27-28(20)2)15-7-5-4-6-8-15/h4-8,11-13H,9-10,14H2,1-3H3,(H2,24,25,26)/t22-/m0/s1. The second-order valence-corrected chi connectivity index (χ2v) is 8.08. The van der Waals surface area contributed by atoms with E-state index in [1.807, 2.05) is 55.3 Å². The zero-order chi connectivity index (χ0) is 20.7. The Morgan fingerprint density at radius 3 is 2.70 bits per heavy atom. The van der Waals surface area contributed by atoms with E-state index in [4.69, 9.17) is 9.72 Å². The van der Waals surface area contributed by atoms with Crippen LogP contribution in [0.1, 0.15) is 13.3 Å². The van der Waals surface area contributed by atoms with Gasteiger partial charge < -0.3 is 15.4 Å². The topological polar surface area (TPSA) is 81.8 Å². The Morgan fingerprint density at radius 1 is 1.10 bits per heavy atom. The molecule has 0 spiro atoms. The first-order valence-electron chi connectivity index (χ1n) is 10.1. The molecule has 0 bridgehead atoms. The van der Waals surface area contributed by atoms with Crippen LogP contribution in [0, 0.1) is 0 Å². The van der Waals surface area contributed by atoms with Gasteiger partial charge in [-0.15, -0.1) is 0 Å². The molecule has 0 saturated carbocycles. The number of hydrogen-bond acceptors (Lipinski definition) is 6. The fourth-order valence-corrected chi connectivity index (χ4v) is 3.84. The van der Waals surface area contributed by atoms with Crippen molar-refractivity contribution in [1.82, 2.24) is 24.5 Å². The van der Waals surface area contributed by atoms with E-state index in [0.717, 1.165) is 52.6 Å². The van der Waals surface area contributed by atoms with E-state index in [0.29, 0.717) is 6.61 Å². The second kappa shape index (κ2) is 7.14. The first-order chi connectivity index (χ1) is 14.5. The van der Waals surface area contributed by atoms with Crippen molar-refractivity contribution in [3.63, 3.8) is 0 Å². The highest BCUT2D eigenvalue weighted by Crippen LogP contribution is 2.32. The van der Waals surface area contributed by atoms with Crippen LogP contribution in [0.3, 0.4) is 0 Å². The molecule has 8 heteroatoms. The minimum absolute atomic E-state index is 0.103. The number of nitrogens with one attached hydrogen (secondary N) is 2. The molecule has 0 unspecified atom stereocenters. The Bertz CT molecular complexity index is 1190. The monoisotopic (exact) mass is 403 g/mol. The number of hydrogen-bond donors (Lipinski definition) is 2. The van der Waals surface area contributed by atoms with Gasteiger partial charge in [-0.1, -0.05) is 30.3 Å². The molecule has 1 aliphatic rings. The van der Waals surface area contributed by atoms with Crippen molar-refractivity contribution in [3.05, 3.63) is 48.7 Å². The van der Waals surface area contributed by atoms with Crippen LogP contribution in [-0.4, -0.2) is 43.3 Å². The van der Waals surface area contributed by atoms with Gasteiger partial charge in [0, 0.05) is 38.4 Å². The summed E-state index contributed by atoms with van der Waals surface area (Å²) in [6.07, 6.45) is 2.81. The molecule has 1 atom stereocenters. The van der Waals surface area contributed by atoms with Crippen LogP contribution < -0.4 is 10.6 Å². The molecule has 5 rings (SSSR count). The van der Waals surface area contributed by atoms with Gasteiger partial charge in [-0.3, -0.25) is 9.36 Å². The Morgan fingerprint density at radius 2 is 1.93 bits per heavy atom. The van der Waals surface area contributed by atoms with Crippen molar-refractivity contribution in [2.24, 2.45) is 14.1 Å². The normalized spacial score (nSPS) is 18.8. The molecule has 0 aliphatic carbocycles. The molecule has 1 saturated heterocycles. The second-order valence-electron chi connectivity index (χ2n) is 8.08. The predicted molar refractivity (Wildman–Crippen MR) is 118 cm³/mol. The van der Waals surface area contributed by atoms with Crippen molar-refractivity contribution in [1.29, 1.82) is 0 Å². The minimum atomic E-state index is -0.103. The highest BCUT2D eigenvalue weighted by Gasteiger charge is 2.30. The number of rotatable bonds is 5. The number of fused-ring (bicyclic) bond motifs is 1. The highest BCUT2D eigenvalue weighted by atomic mass is 16.5. The van der Waals surface area contributed by atoms with Crippen molar-refractivity contribution in [2.75, 3.05) is 23.8 Å². The molecule has 1 aromatic carbocycles. The van der Waals surface area contributed by atoms with Gasteiger partial charge in [0.05, 0.1) is 35.1 Å². The maximum atomic E-state index is 5.61. The number of ether oxygens (including phenoxy) is 1. The van der Waals surface area contributed by atoms with Crippen molar-refractivity contribution in [2.45, 2.75) is 18.9 Å². The maximum absolute atomic E-state index is 5.61. The molecule has 1 fully saturated rings. The summed E-state index contributed by atoms with van der Waals surface area (Å²) in [4.78, 5) is 4.79. The Kier molecular flexibility index (Phi) is 4.43. The van der Waals surface area contributed by atoms with Gasteiger partial charge in [0.1, 0.15) is 11.6 Å². The lowest BCUT2D eigenvalue weighted by atomic mass is 10.0. The SMILES string of the molecule is Cn1nc(-c2ccccc2)cc1Nc1cc(N[C@@]2(C)CCOC2)c2cnn(C)c2n1. The third-order valence-corrected chi connectivity index (χ3v) is 5.57. The highest BCUT2D eigenvalue weighted by molar-refractivity contribution is 5.91. The van der Waals surface area contributed by atoms with E-state index < -0.39 is 0 Å². The smallest absolute Gasteiger partial charge is 0.161 e. The average Bonchev–Trinajstić information content (AvgIpc) is 3.43. The number of anilines is 3. The van der Waals surface area contributed by atoms with Gasteiger partial charge in [0.25, 0.3) is 0 Å². The first kappa shape index (κ1) is 18.6. The van der Waals surface area contributed by atoms with Crippen molar-refractivity contribution >= 4 is 28.4 Å². The fraction of sp³-hybridized carbons (Fsp3) is 0.318. The third kappa shape index (κ3) is 3.39.